The lowest BCUT2D eigenvalue weighted by atomic mass is 9.83. The van der Waals surface area contributed by atoms with E-state index in [1.807, 2.05) is 6.92 Å². The van der Waals surface area contributed by atoms with Crippen LogP contribution in [0.25, 0.3) is 0 Å². The van der Waals surface area contributed by atoms with E-state index in [1.165, 1.54) is 50.1 Å². The van der Waals surface area contributed by atoms with Gasteiger partial charge in [-0.1, -0.05) is 146 Å². The summed E-state index contributed by atoms with van der Waals surface area (Å²) < 4.78 is 59.1. The molecule has 3 heterocycles. The Morgan fingerprint density at radius 3 is 2.08 bits per heavy atom. The Morgan fingerprint density at radius 1 is 0.808 bits per heavy atom. The first-order valence-corrected chi connectivity index (χ1v) is 31.2. The molecule has 78 heavy (non-hydrogen) atoms. The Hall–Kier alpha value is -3.69. The van der Waals surface area contributed by atoms with Crippen LogP contribution >= 0.6 is 15.6 Å². The molecule has 444 valence electrons. The molecule has 2 aliphatic heterocycles. The smallest absolute Gasteiger partial charge is 0.462 e. The number of phosphoric acid groups is 2. The number of aliphatic hydroxyl groups excluding tert-OH is 4. The van der Waals surface area contributed by atoms with Crippen LogP contribution in [0.4, 0.5) is 5.82 Å². The number of aromatic nitrogens is 2. The fourth-order valence-corrected chi connectivity index (χ4v) is 11.2. The van der Waals surface area contributed by atoms with E-state index in [2.05, 4.69) is 52.7 Å². The Kier molecular flexibility index (Phi) is 34.2. The minimum absolute atomic E-state index is 0.0533. The number of nitrogens with zero attached hydrogens (tertiary/aromatic N) is 2. The highest BCUT2D eigenvalue weighted by molar-refractivity contribution is 7.61. The van der Waals surface area contributed by atoms with Crippen LogP contribution < -0.4 is 11.4 Å². The van der Waals surface area contributed by atoms with Gasteiger partial charge in [-0.2, -0.15) is 9.29 Å². The molecule has 1 aromatic rings. The molecule has 0 radical (unpaired) electrons. The van der Waals surface area contributed by atoms with Crippen molar-refractivity contribution in [1.29, 1.82) is 0 Å². The second-order valence-corrected chi connectivity index (χ2v) is 23.3. The fourth-order valence-electron chi connectivity index (χ4n) is 9.05. The lowest BCUT2D eigenvalue weighted by molar-refractivity contribution is -0.188. The number of hydrogen-bond acceptors (Lipinski definition) is 18. The Morgan fingerprint density at radius 2 is 1.41 bits per heavy atom. The highest BCUT2D eigenvalue weighted by Crippen LogP contribution is 2.60. The molecule has 0 aromatic carbocycles. The van der Waals surface area contributed by atoms with E-state index in [4.69, 9.17) is 29.0 Å². The maximum atomic E-state index is 14.0. The molecule has 2 unspecified atom stereocenters. The summed E-state index contributed by atoms with van der Waals surface area (Å²) in [6, 6.07) is 1.24. The van der Waals surface area contributed by atoms with Crippen LogP contribution in [0.15, 0.2) is 65.7 Å². The van der Waals surface area contributed by atoms with Gasteiger partial charge < -0.3 is 50.2 Å². The van der Waals surface area contributed by atoms with Crippen molar-refractivity contribution in [3.63, 3.8) is 0 Å². The summed E-state index contributed by atoms with van der Waals surface area (Å²) in [7, 11) is -11.3. The maximum absolute atomic E-state index is 14.0. The highest BCUT2D eigenvalue weighted by Gasteiger charge is 2.45. The first-order chi connectivity index (χ1) is 37.4. The number of hydrogen-bond donors (Lipinski definition) is 7. The summed E-state index contributed by atoms with van der Waals surface area (Å²) in [5, 5.41) is 45.8. The van der Waals surface area contributed by atoms with Crippen molar-refractivity contribution in [1.82, 2.24) is 9.55 Å². The molecule has 2 aliphatic rings. The summed E-state index contributed by atoms with van der Waals surface area (Å²) in [5.41, 5.74) is 4.78. The number of Topliss-reactive ketones (excluding diaryl/α,β-unsaturated/α-hetero) is 1. The van der Waals surface area contributed by atoms with E-state index < -0.39 is 120 Å². The van der Waals surface area contributed by atoms with Crippen molar-refractivity contribution < 1.29 is 81.3 Å². The van der Waals surface area contributed by atoms with Crippen LogP contribution in [0.5, 0.6) is 0 Å². The molecular weight excluding hydrogens is 1050 g/mol. The van der Waals surface area contributed by atoms with Gasteiger partial charge in [-0.05, 0) is 70.3 Å². The van der Waals surface area contributed by atoms with Gasteiger partial charge in [0, 0.05) is 31.4 Å². The number of phosphoric ester groups is 2. The quantitative estimate of drug-likeness (QED) is 0.0187. The molecule has 2 bridgehead atoms. The van der Waals surface area contributed by atoms with Gasteiger partial charge >= 0.3 is 33.3 Å². The van der Waals surface area contributed by atoms with Crippen molar-refractivity contribution in [2.75, 3.05) is 25.6 Å². The number of carbonyl (C=O) groups is 3. The number of nitrogens with two attached hydrogens (primary N) is 1. The summed E-state index contributed by atoms with van der Waals surface area (Å²) in [4.78, 5) is 78.3. The van der Waals surface area contributed by atoms with Crippen molar-refractivity contribution in [3.8, 4) is 0 Å². The number of allylic oxidation sites excluding steroid dienone is 6. The Bertz CT molecular complexity index is 2170. The van der Waals surface area contributed by atoms with E-state index >= 15 is 0 Å². The average Bonchev–Trinajstić information content (AvgIpc) is 3.39. The molecule has 23 heteroatoms. The van der Waals surface area contributed by atoms with Gasteiger partial charge in [0.25, 0.3) is 0 Å². The normalized spacial score (nSPS) is 28.4. The summed E-state index contributed by atoms with van der Waals surface area (Å²) in [6.07, 6.45) is 23.2. The summed E-state index contributed by atoms with van der Waals surface area (Å²) >= 11 is 0. The third-order valence-corrected chi connectivity index (χ3v) is 16.1. The number of unbranched alkanes of at least 4 members (excludes halogenated alkanes) is 12. The van der Waals surface area contributed by atoms with E-state index in [-0.39, 0.29) is 31.5 Å². The third-order valence-electron chi connectivity index (χ3n) is 13.5. The molecule has 8 N–H and O–H groups in total. The van der Waals surface area contributed by atoms with Gasteiger partial charge in [0.15, 0.2) is 6.10 Å². The average molecular weight is 1140 g/mol. The minimum Gasteiger partial charge on any atom is -0.462 e. The fraction of sp³-hybridized carbons (Fsp3) is 0.727. The van der Waals surface area contributed by atoms with E-state index in [1.54, 1.807) is 0 Å². The second kappa shape index (κ2) is 38.9. The van der Waals surface area contributed by atoms with Crippen molar-refractivity contribution in [2.45, 2.75) is 224 Å². The maximum Gasteiger partial charge on any atom is 0.481 e. The van der Waals surface area contributed by atoms with E-state index in [9.17, 15) is 58.5 Å². The lowest BCUT2D eigenvalue weighted by Crippen LogP contribution is -2.51. The number of aliphatic hydroxyl groups is 4. The van der Waals surface area contributed by atoms with Crippen molar-refractivity contribution in [2.24, 2.45) is 11.8 Å². The zero-order chi connectivity index (χ0) is 57.2. The number of carbonyl (C=O) groups excluding carboxylic acids is 3. The van der Waals surface area contributed by atoms with Gasteiger partial charge in [0.1, 0.15) is 36.6 Å². The molecule has 21 nitrogen and oxygen atoms in total. The Balaban J connectivity index is 1.66. The second-order valence-electron chi connectivity index (χ2n) is 20.2. The van der Waals surface area contributed by atoms with E-state index in [0.717, 1.165) is 75.2 Å². The standard InChI is InChI=1S/C55H91N3O18P2/c1-3-5-7-8-9-10-11-12-13-14-15-16-17-18-19-20-21-22-23-28-32-50(62)71-39-43-40-72-77(67,68)76-78(69,70)73-41-48-53(65)52(64)44(35-34-42(59)30-26-6-4-2)46(60)38-47(61)45(31-27-24-25-29-33-51(63)74-43)54(75-48)58-37-36-49(56)57-55(58)66/h10-11,13-14,16-17,34-37,42-45,47-48,52-54,59,61,64-65H,3-9,12,15,18-33,38-41H2,1-2H3,(H,67,68)(H,69,70)(H2,56,57,66)/b11-10-,14-13-,17-16-,35-34-/t42-,43+,44-,45-,47-,48+,52-,53+,54+/m0/s1. The van der Waals surface area contributed by atoms with Crippen LogP contribution in [0, 0.1) is 11.8 Å². The molecule has 0 amide bonds. The van der Waals surface area contributed by atoms with Crippen LogP contribution in [-0.2, 0) is 51.1 Å². The van der Waals surface area contributed by atoms with Gasteiger partial charge in [-0.25, -0.2) is 13.9 Å². The number of ether oxygens (including phenoxy) is 3. The number of ketones is 1. The molecule has 1 aromatic heterocycles. The topological polar surface area (TPSA) is 323 Å². The molecular formula is C55H91N3O18P2. The molecule has 2 fully saturated rings. The number of cyclic esters (lactones) is 1. The van der Waals surface area contributed by atoms with Gasteiger partial charge in [-0.3, -0.25) is 28.0 Å². The molecule has 2 saturated heterocycles. The zero-order valence-electron chi connectivity index (χ0n) is 45.9. The molecule has 0 saturated carbocycles. The molecule has 0 spiro atoms. The summed E-state index contributed by atoms with van der Waals surface area (Å²) in [6.45, 7) is 1.48. The van der Waals surface area contributed by atoms with Crippen LogP contribution in [0.2, 0.25) is 0 Å². The summed E-state index contributed by atoms with van der Waals surface area (Å²) in [5.74, 6) is -5.05. The van der Waals surface area contributed by atoms with Crippen molar-refractivity contribution >= 4 is 39.2 Å². The lowest BCUT2D eigenvalue weighted by Gasteiger charge is -2.39. The predicted octanol–water partition coefficient (Wildman–Crippen LogP) is 9.09. The first-order valence-electron chi connectivity index (χ1n) is 28.3. The number of esters is 2. The van der Waals surface area contributed by atoms with Gasteiger partial charge in [0.05, 0.1) is 37.4 Å². The number of rotatable bonds is 27. The zero-order valence-corrected chi connectivity index (χ0v) is 47.7. The molecule has 11 atom stereocenters. The predicted molar refractivity (Wildman–Crippen MR) is 294 cm³/mol. The molecule has 3 rings (SSSR count). The van der Waals surface area contributed by atoms with Crippen molar-refractivity contribution in [3.05, 3.63) is 71.4 Å². The third kappa shape index (κ3) is 28.6. The van der Waals surface area contributed by atoms with Crippen LogP contribution in [0.1, 0.15) is 187 Å². The van der Waals surface area contributed by atoms with Gasteiger partial charge in [-0.15, -0.1) is 0 Å². The van der Waals surface area contributed by atoms with Crippen LogP contribution in [0.3, 0.4) is 0 Å². The number of nitrogen functional groups attached to an aromatic ring is 1. The van der Waals surface area contributed by atoms with E-state index in [0.29, 0.717) is 38.5 Å². The highest BCUT2D eigenvalue weighted by atomic mass is 31.3. The SMILES string of the molecule is CCCCCC/C=C\C/C=C\C/C=C\CCCCCCCCC(=O)OC[C@@H]1COP(=O)(O)OP(=O)(O)OC[C@H]2O[C@@H](n3ccc(N)nc3=O)[C@@H](CCCCCCC(=O)O1)[C@@H](O)CC(=O)[C@H](/C=C\[C@@H](O)CCCCC)[C@H](O)[C@@H]2O. The Labute approximate surface area is 460 Å². The largest absolute Gasteiger partial charge is 0.481 e. The van der Waals surface area contributed by atoms with Crippen LogP contribution in [-0.4, -0.2) is 114 Å². The minimum atomic E-state index is -5.72. The van der Waals surface area contributed by atoms with Gasteiger partial charge in [0.2, 0.25) is 0 Å². The monoisotopic (exact) mass is 1140 g/mol. The molecule has 0 aliphatic carbocycles. The first kappa shape index (κ1) is 68.6. The number of fused-ring (bicyclic) bond motifs is 3. The number of anilines is 1.